The van der Waals surface area contributed by atoms with Gasteiger partial charge in [-0.1, -0.05) is 0 Å². The summed E-state index contributed by atoms with van der Waals surface area (Å²) in [5, 5.41) is 0. The van der Waals surface area contributed by atoms with Crippen molar-refractivity contribution in [2.45, 2.75) is 9.79 Å². The molecule has 0 saturated carbocycles. The molecular formula is C12H9AsS. The van der Waals surface area contributed by atoms with Gasteiger partial charge in [0.2, 0.25) is 0 Å². The third-order valence-corrected chi connectivity index (χ3v) is 7.14. The van der Waals surface area contributed by atoms with Crippen molar-refractivity contribution in [3.63, 3.8) is 0 Å². The Morgan fingerprint density at radius 3 is 1.79 bits per heavy atom. The van der Waals surface area contributed by atoms with E-state index < -0.39 is 0 Å². The third-order valence-electron chi connectivity index (χ3n) is 2.26. The fraction of sp³-hybridized carbons (Fsp3) is 0. The van der Waals surface area contributed by atoms with Gasteiger partial charge in [0.25, 0.3) is 0 Å². The Bertz CT molecular complexity index is 392. The first-order valence-corrected chi connectivity index (χ1v) is 7.48. The first-order valence-electron chi connectivity index (χ1n) is 4.56. The molecule has 68 valence electrons. The molecule has 0 nitrogen and oxygen atoms in total. The fourth-order valence-electron chi connectivity index (χ4n) is 1.58. The molecule has 1 aliphatic heterocycles. The second-order valence-electron chi connectivity index (χ2n) is 3.22. The quantitative estimate of drug-likeness (QED) is 0.552. The average molecular weight is 260 g/mol. The number of hydrogen-bond acceptors (Lipinski definition) is 1. The monoisotopic (exact) mass is 260 g/mol. The van der Waals surface area contributed by atoms with Gasteiger partial charge < -0.3 is 0 Å². The van der Waals surface area contributed by atoms with Crippen LogP contribution in [0.4, 0.5) is 0 Å². The summed E-state index contributed by atoms with van der Waals surface area (Å²) < 4.78 is 3.16. The topological polar surface area (TPSA) is 0 Å². The van der Waals surface area contributed by atoms with Gasteiger partial charge in [-0.15, -0.1) is 0 Å². The summed E-state index contributed by atoms with van der Waals surface area (Å²) in [6.45, 7) is 0. The van der Waals surface area contributed by atoms with Crippen molar-refractivity contribution in [3.05, 3.63) is 48.5 Å². The van der Waals surface area contributed by atoms with Crippen molar-refractivity contribution in [1.29, 1.82) is 0 Å². The molecule has 1 aliphatic rings. The Balaban J connectivity index is 2.12. The zero-order valence-corrected chi connectivity index (χ0v) is 10.4. The van der Waals surface area contributed by atoms with Crippen molar-refractivity contribution >= 4 is 36.2 Å². The van der Waals surface area contributed by atoms with E-state index in [-0.39, 0.29) is 15.8 Å². The van der Waals surface area contributed by atoms with Crippen LogP contribution in [0, 0.1) is 0 Å². The van der Waals surface area contributed by atoms with Crippen LogP contribution < -0.4 is 8.70 Å². The van der Waals surface area contributed by atoms with Gasteiger partial charge in [-0.2, -0.15) is 0 Å². The maximum atomic E-state index is 2.28. The van der Waals surface area contributed by atoms with Gasteiger partial charge in [-0.3, -0.25) is 0 Å². The zero-order valence-electron chi connectivity index (χ0n) is 7.53. The molecule has 0 saturated heterocycles. The Kier molecular flexibility index (Phi) is 2.15. The van der Waals surface area contributed by atoms with E-state index in [0.717, 1.165) is 0 Å². The Morgan fingerprint density at radius 2 is 1.21 bits per heavy atom. The van der Waals surface area contributed by atoms with Crippen LogP contribution in [-0.2, 0) is 0 Å². The molecule has 0 amide bonds. The van der Waals surface area contributed by atoms with Crippen LogP contribution in [0.5, 0.6) is 0 Å². The van der Waals surface area contributed by atoms with E-state index in [1.165, 1.54) is 9.79 Å². The van der Waals surface area contributed by atoms with Crippen molar-refractivity contribution in [2.24, 2.45) is 0 Å². The number of fused-ring (bicyclic) bond motifs is 2. The molecular weight excluding hydrogens is 251 g/mol. The molecule has 0 fully saturated rings. The first kappa shape index (κ1) is 8.64. The van der Waals surface area contributed by atoms with Crippen LogP contribution in [-0.4, -0.2) is 15.8 Å². The van der Waals surface area contributed by atoms with Gasteiger partial charge in [0.05, 0.1) is 0 Å². The van der Waals surface area contributed by atoms with Crippen LogP contribution in [0.3, 0.4) is 0 Å². The average Bonchev–Trinajstić information content (AvgIpc) is 2.26. The molecule has 1 heterocycles. The summed E-state index contributed by atoms with van der Waals surface area (Å²) in [4.78, 5) is 2.93. The normalized spacial score (nSPS) is 13.1. The maximum absolute atomic E-state index is 2.28. The summed E-state index contributed by atoms with van der Waals surface area (Å²) in [5.74, 6) is 0. The van der Waals surface area contributed by atoms with Crippen LogP contribution in [0.15, 0.2) is 58.3 Å². The molecule has 2 aromatic rings. The second kappa shape index (κ2) is 3.49. The molecule has 0 aromatic heterocycles. The van der Waals surface area contributed by atoms with E-state index in [1.807, 2.05) is 11.8 Å². The Hall–Kier alpha value is -0.652. The molecule has 14 heavy (non-hydrogen) atoms. The molecule has 2 aromatic carbocycles. The van der Waals surface area contributed by atoms with Crippen LogP contribution in [0.1, 0.15) is 0 Å². The molecule has 0 N–H and O–H groups in total. The minimum absolute atomic E-state index is 0.0858. The number of hydrogen-bond donors (Lipinski definition) is 0. The second-order valence-corrected chi connectivity index (χ2v) is 7.09. The van der Waals surface area contributed by atoms with E-state index in [1.54, 1.807) is 8.70 Å². The standard InChI is InChI=1S/C12H9AsS/c1-3-7-11-9(5-1)13-10-6-2-4-8-12(10)14-11/h1-8,13H. The first-order chi connectivity index (χ1) is 6.93. The van der Waals surface area contributed by atoms with Gasteiger partial charge >= 0.3 is 94.5 Å². The molecule has 0 atom stereocenters. The summed E-state index contributed by atoms with van der Waals surface area (Å²) in [5.41, 5.74) is 0. The van der Waals surface area contributed by atoms with E-state index in [4.69, 9.17) is 0 Å². The van der Waals surface area contributed by atoms with Crippen LogP contribution in [0.25, 0.3) is 0 Å². The van der Waals surface area contributed by atoms with Crippen molar-refractivity contribution in [2.75, 3.05) is 0 Å². The van der Waals surface area contributed by atoms with E-state index in [9.17, 15) is 0 Å². The molecule has 2 heteroatoms. The van der Waals surface area contributed by atoms with Crippen molar-refractivity contribution in [3.8, 4) is 0 Å². The summed E-state index contributed by atoms with van der Waals surface area (Å²) in [7, 11) is 0. The Labute approximate surface area is 94.4 Å². The molecule has 0 unspecified atom stereocenters. The fourth-order valence-corrected chi connectivity index (χ4v) is 5.87. The van der Waals surface area contributed by atoms with E-state index in [0.29, 0.717) is 0 Å². The number of rotatable bonds is 0. The van der Waals surface area contributed by atoms with Crippen LogP contribution in [0.2, 0.25) is 0 Å². The van der Waals surface area contributed by atoms with E-state index >= 15 is 0 Å². The van der Waals surface area contributed by atoms with Gasteiger partial charge in [0.15, 0.2) is 0 Å². The molecule has 0 bridgehead atoms. The van der Waals surface area contributed by atoms with Crippen LogP contribution >= 0.6 is 11.8 Å². The van der Waals surface area contributed by atoms with Gasteiger partial charge in [-0.25, -0.2) is 0 Å². The van der Waals surface area contributed by atoms with Crippen molar-refractivity contribution in [1.82, 2.24) is 0 Å². The summed E-state index contributed by atoms with van der Waals surface area (Å²) >= 11 is 1.83. The third kappa shape index (κ3) is 1.41. The summed E-state index contributed by atoms with van der Waals surface area (Å²) in [6, 6.07) is 17.6. The predicted octanol–water partition coefficient (Wildman–Crippen LogP) is 1.54. The predicted molar refractivity (Wildman–Crippen MR) is 63.4 cm³/mol. The van der Waals surface area contributed by atoms with E-state index in [2.05, 4.69) is 48.5 Å². The molecule has 0 radical (unpaired) electrons. The number of benzene rings is 2. The molecule has 0 spiro atoms. The summed E-state index contributed by atoms with van der Waals surface area (Å²) in [6.07, 6.45) is 0. The zero-order chi connectivity index (χ0) is 9.38. The van der Waals surface area contributed by atoms with Gasteiger partial charge in [0.1, 0.15) is 0 Å². The molecule has 3 rings (SSSR count). The van der Waals surface area contributed by atoms with Gasteiger partial charge in [-0.05, 0) is 0 Å². The van der Waals surface area contributed by atoms with Crippen molar-refractivity contribution < 1.29 is 0 Å². The molecule has 0 aliphatic carbocycles. The minimum atomic E-state index is -0.0858. The SMILES string of the molecule is c1ccc2c(c1)Sc1ccccc1[AsH]2. The Morgan fingerprint density at radius 1 is 0.714 bits per heavy atom. The van der Waals surface area contributed by atoms with Gasteiger partial charge in [0, 0.05) is 0 Å².